The van der Waals surface area contributed by atoms with Gasteiger partial charge in [0.1, 0.15) is 5.60 Å². The summed E-state index contributed by atoms with van der Waals surface area (Å²) >= 11 is 0. The summed E-state index contributed by atoms with van der Waals surface area (Å²) in [6.45, 7) is 2.17. The number of ether oxygens (including phenoxy) is 1. The molecule has 0 heterocycles. The van der Waals surface area contributed by atoms with Gasteiger partial charge in [0.05, 0.1) is 0 Å². The molecule has 1 rings (SSSR count). The minimum Gasteiger partial charge on any atom is -0.444 e. The summed E-state index contributed by atoms with van der Waals surface area (Å²) in [6.07, 6.45) is -0.925. The number of carbonyl (C=O) groups is 2. The number of carbonyl (C=O) groups excluding carboxylic acids is 2. The number of hydrogen-bond acceptors (Lipinski definition) is 3. The van der Waals surface area contributed by atoms with Crippen LogP contribution in [0.5, 0.6) is 0 Å². The van der Waals surface area contributed by atoms with Crippen molar-refractivity contribution >= 4 is 12.0 Å². The molecule has 0 saturated carbocycles. The van der Waals surface area contributed by atoms with Crippen molar-refractivity contribution in [3.05, 3.63) is 35.4 Å². The van der Waals surface area contributed by atoms with Gasteiger partial charge in [0.15, 0.2) is 0 Å². The first-order chi connectivity index (χ1) is 9.90. The van der Waals surface area contributed by atoms with Gasteiger partial charge in [-0.05, 0) is 38.5 Å². The van der Waals surface area contributed by atoms with Gasteiger partial charge in [-0.15, -0.1) is 0 Å². The van der Waals surface area contributed by atoms with E-state index in [0.29, 0.717) is 16.0 Å². The number of primary amides is 1. The van der Waals surface area contributed by atoms with Gasteiger partial charge in [0.25, 0.3) is 0 Å². The minimum atomic E-state index is -2.63. The average molecular weight is 267 g/mol. The smallest absolute Gasteiger partial charge is 0.410 e. The zero-order valence-electron chi connectivity index (χ0n) is 14.3. The standard InChI is InChI=1S/C14H20N2O3/c1-14(2,3)19-13(18)16(4)9-10-5-7-11(8-6-10)12(15)17/h5-8H,9H2,1-4H3,(H2,15,17)/i4D3. The summed E-state index contributed by atoms with van der Waals surface area (Å²) in [5, 5.41) is 0. The molecule has 0 aromatic heterocycles. The molecule has 0 unspecified atom stereocenters. The van der Waals surface area contributed by atoms with Crippen molar-refractivity contribution in [2.24, 2.45) is 5.73 Å². The van der Waals surface area contributed by atoms with E-state index in [9.17, 15) is 9.59 Å². The molecule has 0 aliphatic rings. The molecule has 0 fully saturated rings. The lowest BCUT2D eigenvalue weighted by Crippen LogP contribution is -2.33. The van der Waals surface area contributed by atoms with Crippen LogP contribution in [0.15, 0.2) is 24.3 Å². The quantitative estimate of drug-likeness (QED) is 0.912. The zero-order valence-corrected chi connectivity index (χ0v) is 11.3. The van der Waals surface area contributed by atoms with Crippen molar-refractivity contribution in [1.82, 2.24) is 4.90 Å². The molecule has 0 atom stereocenters. The topological polar surface area (TPSA) is 72.6 Å². The molecule has 0 bridgehead atoms. The lowest BCUT2D eigenvalue weighted by molar-refractivity contribution is 0.0285. The summed E-state index contributed by atoms with van der Waals surface area (Å²) in [7, 11) is 0. The SMILES string of the molecule is [2H]C([2H])([2H])N(Cc1ccc(C(N)=O)cc1)C(=O)OC(C)(C)C. The molecule has 0 radical (unpaired) electrons. The van der Waals surface area contributed by atoms with Crippen LogP contribution in [0.3, 0.4) is 0 Å². The van der Waals surface area contributed by atoms with Crippen LogP contribution in [0.25, 0.3) is 0 Å². The number of nitrogens with zero attached hydrogens (tertiary/aromatic N) is 1. The molecule has 5 nitrogen and oxygen atoms in total. The predicted molar refractivity (Wildman–Crippen MR) is 72.7 cm³/mol. The Balaban J connectivity index is 2.95. The van der Waals surface area contributed by atoms with Crippen molar-refractivity contribution in [2.45, 2.75) is 32.9 Å². The van der Waals surface area contributed by atoms with Gasteiger partial charge in [0.2, 0.25) is 5.91 Å². The van der Waals surface area contributed by atoms with Crippen molar-refractivity contribution in [1.29, 1.82) is 0 Å². The van der Waals surface area contributed by atoms with Crippen LogP contribution in [0, 0.1) is 0 Å². The van der Waals surface area contributed by atoms with E-state index in [4.69, 9.17) is 14.6 Å². The van der Waals surface area contributed by atoms with E-state index in [1.807, 2.05) is 0 Å². The number of nitrogens with two attached hydrogens (primary N) is 1. The Morgan fingerprint density at radius 2 is 1.89 bits per heavy atom. The highest BCUT2D eigenvalue weighted by Gasteiger charge is 2.19. The van der Waals surface area contributed by atoms with Crippen LogP contribution in [0.1, 0.15) is 40.8 Å². The van der Waals surface area contributed by atoms with Crippen LogP contribution in [-0.2, 0) is 11.3 Å². The summed E-state index contributed by atoms with van der Waals surface area (Å²) in [6, 6.07) is 6.04. The molecular weight excluding hydrogens is 244 g/mol. The third-order valence-electron chi connectivity index (χ3n) is 2.19. The minimum absolute atomic E-state index is 0.162. The van der Waals surface area contributed by atoms with Crippen LogP contribution in [-0.4, -0.2) is 29.5 Å². The molecule has 5 heteroatoms. The Labute approximate surface area is 117 Å². The second-order valence-electron chi connectivity index (χ2n) is 5.13. The van der Waals surface area contributed by atoms with E-state index in [1.165, 1.54) is 12.1 Å². The molecular formula is C14H20N2O3. The highest BCUT2D eigenvalue weighted by Crippen LogP contribution is 2.12. The van der Waals surface area contributed by atoms with Gasteiger partial charge in [-0.1, -0.05) is 12.1 Å². The van der Waals surface area contributed by atoms with Crippen molar-refractivity contribution in [2.75, 3.05) is 6.98 Å². The van der Waals surface area contributed by atoms with Crippen molar-refractivity contribution < 1.29 is 18.4 Å². The largest absolute Gasteiger partial charge is 0.444 e. The average Bonchev–Trinajstić information content (AvgIpc) is 2.32. The van der Waals surface area contributed by atoms with Crippen LogP contribution in [0.2, 0.25) is 0 Å². The molecule has 104 valence electrons. The maximum atomic E-state index is 12.1. The molecule has 2 amide bonds. The fourth-order valence-corrected chi connectivity index (χ4v) is 1.34. The number of rotatable bonds is 3. The molecule has 0 aliphatic heterocycles. The lowest BCUT2D eigenvalue weighted by Gasteiger charge is -2.24. The van der Waals surface area contributed by atoms with Crippen LogP contribution >= 0.6 is 0 Å². The fourth-order valence-electron chi connectivity index (χ4n) is 1.34. The Morgan fingerprint density at radius 3 is 2.32 bits per heavy atom. The summed E-state index contributed by atoms with van der Waals surface area (Å²) in [5.41, 5.74) is 5.20. The van der Waals surface area contributed by atoms with Crippen molar-refractivity contribution in [3.8, 4) is 0 Å². The molecule has 19 heavy (non-hydrogen) atoms. The third kappa shape index (κ3) is 4.99. The van der Waals surface area contributed by atoms with E-state index in [2.05, 4.69) is 0 Å². The molecule has 2 N–H and O–H groups in total. The molecule has 0 aliphatic carbocycles. The molecule has 0 spiro atoms. The second kappa shape index (κ2) is 5.73. The van der Waals surface area contributed by atoms with E-state index in [1.54, 1.807) is 32.9 Å². The lowest BCUT2D eigenvalue weighted by atomic mass is 10.1. The van der Waals surface area contributed by atoms with Gasteiger partial charge in [-0.3, -0.25) is 4.79 Å². The number of amides is 2. The van der Waals surface area contributed by atoms with Crippen LogP contribution < -0.4 is 5.73 Å². The third-order valence-corrected chi connectivity index (χ3v) is 2.19. The van der Waals surface area contributed by atoms with E-state index in [0.717, 1.165) is 0 Å². The monoisotopic (exact) mass is 267 g/mol. The van der Waals surface area contributed by atoms with Gasteiger partial charge < -0.3 is 15.4 Å². The maximum absolute atomic E-state index is 12.1. The first-order valence-electron chi connectivity index (χ1n) is 7.29. The Bertz CT molecular complexity index is 548. The molecule has 1 aromatic carbocycles. The Kier molecular flexibility index (Phi) is 3.27. The van der Waals surface area contributed by atoms with Crippen molar-refractivity contribution in [3.63, 3.8) is 0 Å². The number of hydrogen-bond donors (Lipinski definition) is 1. The van der Waals surface area contributed by atoms with Gasteiger partial charge in [0, 0.05) is 23.2 Å². The highest BCUT2D eigenvalue weighted by atomic mass is 16.6. The van der Waals surface area contributed by atoms with E-state index < -0.39 is 24.6 Å². The van der Waals surface area contributed by atoms with Gasteiger partial charge >= 0.3 is 6.09 Å². The predicted octanol–water partition coefficient (Wildman–Crippen LogP) is 2.15. The van der Waals surface area contributed by atoms with Gasteiger partial charge in [-0.25, -0.2) is 4.79 Å². The summed E-state index contributed by atoms with van der Waals surface area (Å²) in [5.74, 6) is -0.577. The fraction of sp³-hybridized carbons (Fsp3) is 0.429. The number of benzene rings is 1. The highest BCUT2D eigenvalue weighted by molar-refractivity contribution is 5.92. The second-order valence-corrected chi connectivity index (χ2v) is 5.13. The zero-order chi connectivity index (χ0) is 17.1. The first-order valence-corrected chi connectivity index (χ1v) is 5.79. The van der Waals surface area contributed by atoms with Gasteiger partial charge in [-0.2, -0.15) is 0 Å². The first kappa shape index (κ1) is 10.8. The Morgan fingerprint density at radius 1 is 1.32 bits per heavy atom. The Hall–Kier alpha value is -2.04. The van der Waals surface area contributed by atoms with Crippen LogP contribution in [0.4, 0.5) is 4.79 Å². The maximum Gasteiger partial charge on any atom is 0.410 e. The van der Waals surface area contributed by atoms with E-state index >= 15 is 0 Å². The normalized spacial score (nSPS) is 13.9. The molecule has 0 saturated heterocycles. The van der Waals surface area contributed by atoms with E-state index in [-0.39, 0.29) is 6.54 Å². The summed E-state index contributed by atoms with van der Waals surface area (Å²) in [4.78, 5) is 23.7. The summed E-state index contributed by atoms with van der Waals surface area (Å²) < 4.78 is 27.5. The molecule has 1 aromatic rings.